The van der Waals surface area contributed by atoms with E-state index in [4.69, 9.17) is 0 Å². The molecule has 1 N–H and O–H groups in total. The molecular formula is C27H40N6O. The normalized spacial score (nSPS) is 16.4. The number of rotatable bonds is 8. The van der Waals surface area contributed by atoms with Crippen LogP contribution in [0.3, 0.4) is 0 Å². The van der Waals surface area contributed by atoms with Crippen LogP contribution in [0.1, 0.15) is 101 Å². The van der Waals surface area contributed by atoms with Crippen molar-refractivity contribution in [3.63, 3.8) is 0 Å². The van der Waals surface area contributed by atoms with E-state index in [1.54, 1.807) is 0 Å². The van der Waals surface area contributed by atoms with E-state index in [2.05, 4.69) is 85.2 Å². The lowest BCUT2D eigenvalue weighted by atomic mass is 9.91. The molecule has 34 heavy (non-hydrogen) atoms. The molecule has 2 aromatic heterocycles. The summed E-state index contributed by atoms with van der Waals surface area (Å²) in [5, 5.41) is 14.1. The fraction of sp³-hybridized carbons (Fsp3) is 0.630. The molecule has 0 aliphatic heterocycles. The minimum Gasteiger partial charge on any atom is -0.321 e. The van der Waals surface area contributed by atoms with E-state index in [-0.39, 0.29) is 17.1 Å². The molecule has 0 spiro atoms. The SMILES string of the molecule is CC[C@@H](c1nnnn1C(C)(C)CC)N(Cc1cc2cc(C)cc(C)c2[nH]c1=O)C1CCCCC1. The van der Waals surface area contributed by atoms with E-state index in [0.29, 0.717) is 12.6 Å². The Kier molecular flexibility index (Phi) is 7.22. The van der Waals surface area contributed by atoms with Crippen molar-refractivity contribution in [1.29, 1.82) is 0 Å². The third-order valence-electron chi connectivity index (χ3n) is 7.78. The van der Waals surface area contributed by atoms with E-state index in [0.717, 1.165) is 53.5 Å². The van der Waals surface area contributed by atoms with E-state index >= 15 is 0 Å². The van der Waals surface area contributed by atoms with Crippen molar-refractivity contribution in [1.82, 2.24) is 30.1 Å². The molecule has 0 saturated heterocycles. The second-order valence-corrected chi connectivity index (χ2v) is 10.7. The summed E-state index contributed by atoms with van der Waals surface area (Å²) in [6.45, 7) is 13.5. The van der Waals surface area contributed by atoms with Crippen LogP contribution in [0.4, 0.5) is 0 Å². The summed E-state index contributed by atoms with van der Waals surface area (Å²) in [5.74, 6) is 0.906. The maximum Gasteiger partial charge on any atom is 0.252 e. The Morgan fingerprint density at radius 2 is 1.88 bits per heavy atom. The molecule has 184 valence electrons. The van der Waals surface area contributed by atoms with Crippen LogP contribution in [0.5, 0.6) is 0 Å². The van der Waals surface area contributed by atoms with Crippen molar-refractivity contribution >= 4 is 10.9 Å². The topological polar surface area (TPSA) is 79.7 Å². The van der Waals surface area contributed by atoms with Gasteiger partial charge in [0.1, 0.15) is 0 Å². The number of pyridine rings is 1. The van der Waals surface area contributed by atoms with E-state index in [1.165, 1.54) is 24.8 Å². The monoisotopic (exact) mass is 464 g/mol. The second-order valence-electron chi connectivity index (χ2n) is 10.7. The lowest BCUT2D eigenvalue weighted by Crippen LogP contribution is -2.42. The van der Waals surface area contributed by atoms with Gasteiger partial charge in [0.25, 0.3) is 5.56 Å². The fourth-order valence-electron chi connectivity index (χ4n) is 5.50. The van der Waals surface area contributed by atoms with Crippen LogP contribution in [-0.2, 0) is 12.1 Å². The molecule has 1 saturated carbocycles. The van der Waals surface area contributed by atoms with Crippen LogP contribution in [0.2, 0.25) is 0 Å². The maximum absolute atomic E-state index is 13.2. The summed E-state index contributed by atoms with van der Waals surface area (Å²) < 4.78 is 2.01. The number of nitrogens with zero attached hydrogens (tertiary/aromatic N) is 5. The van der Waals surface area contributed by atoms with Crippen LogP contribution >= 0.6 is 0 Å². The predicted octanol–water partition coefficient (Wildman–Crippen LogP) is 5.56. The Morgan fingerprint density at radius 3 is 2.56 bits per heavy atom. The van der Waals surface area contributed by atoms with Gasteiger partial charge in [-0.15, -0.1) is 5.10 Å². The lowest BCUT2D eigenvalue weighted by Gasteiger charge is -2.40. The van der Waals surface area contributed by atoms with Gasteiger partial charge in [0, 0.05) is 18.2 Å². The Hall–Kier alpha value is -2.54. The smallest absolute Gasteiger partial charge is 0.252 e. The zero-order chi connectivity index (χ0) is 24.5. The Labute approximate surface area is 202 Å². The number of benzene rings is 1. The molecule has 0 radical (unpaired) electrons. The first-order valence-electron chi connectivity index (χ1n) is 12.9. The summed E-state index contributed by atoms with van der Waals surface area (Å²) in [7, 11) is 0. The van der Waals surface area contributed by atoms with Crippen molar-refractivity contribution in [2.45, 2.75) is 111 Å². The lowest BCUT2D eigenvalue weighted by molar-refractivity contribution is 0.0801. The summed E-state index contributed by atoms with van der Waals surface area (Å²) in [5.41, 5.74) is 3.90. The van der Waals surface area contributed by atoms with E-state index < -0.39 is 0 Å². The van der Waals surface area contributed by atoms with Gasteiger partial charge in [0.15, 0.2) is 5.82 Å². The number of fused-ring (bicyclic) bond motifs is 1. The number of tetrazole rings is 1. The number of aryl methyl sites for hydroxylation is 2. The number of aromatic amines is 1. The minimum absolute atomic E-state index is 0.00333. The van der Waals surface area contributed by atoms with Gasteiger partial charge < -0.3 is 4.98 Å². The van der Waals surface area contributed by atoms with Crippen LogP contribution in [-0.4, -0.2) is 36.1 Å². The highest BCUT2D eigenvalue weighted by Crippen LogP contribution is 2.34. The summed E-state index contributed by atoms with van der Waals surface area (Å²) in [4.78, 5) is 18.9. The standard InChI is InChI=1S/C27H40N6O/c1-7-23(25-29-30-31-33(25)27(5,6)8-2)32(22-12-10-9-11-13-22)17-21-16-20-15-18(3)14-19(4)24(20)28-26(21)34/h14-16,22-23H,7-13,17H2,1-6H3,(H,28,34)/t23-/m0/s1. The van der Waals surface area contributed by atoms with Crippen molar-refractivity contribution in [3.05, 3.63) is 51.1 Å². The van der Waals surface area contributed by atoms with E-state index in [1.807, 2.05) is 4.68 Å². The van der Waals surface area contributed by atoms with Gasteiger partial charge in [-0.3, -0.25) is 9.69 Å². The molecule has 2 heterocycles. The van der Waals surface area contributed by atoms with Gasteiger partial charge in [0.2, 0.25) is 0 Å². The molecule has 4 rings (SSSR count). The molecule has 1 fully saturated rings. The average Bonchev–Trinajstić information content (AvgIpc) is 3.31. The summed E-state index contributed by atoms with van der Waals surface area (Å²) in [6.07, 6.45) is 7.88. The Bertz CT molecular complexity index is 1190. The highest BCUT2D eigenvalue weighted by Gasteiger charge is 2.34. The number of aromatic nitrogens is 5. The van der Waals surface area contributed by atoms with Crippen LogP contribution in [0.15, 0.2) is 23.0 Å². The summed E-state index contributed by atoms with van der Waals surface area (Å²) in [6, 6.07) is 6.85. The first kappa shape index (κ1) is 24.6. The van der Waals surface area contributed by atoms with Gasteiger partial charge in [-0.2, -0.15) is 0 Å². The van der Waals surface area contributed by atoms with Crippen molar-refractivity contribution in [2.75, 3.05) is 0 Å². The number of hydrogen-bond donors (Lipinski definition) is 1. The highest BCUT2D eigenvalue weighted by atomic mass is 16.1. The predicted molar refractivity (Wildman–Crippen MR) is 137 cm³/mol. The molecule has 0 unspecified atom stereocenters. The molecule has 1 atom stereocenters. The van der Waals surface area contributed by atoms with E-state index in [9.17, 15) is 4.79 Å². The van der Waals surface area contributed by atoms with Crippen LogP contribution in [0.25, 0.3) is 10.9 Å². The number of hydrogen-bond acceptors (Lipinski definition) is 5. The number of H-pyrrole nitrogens is 1. The van der Waals surface area contributed by atoms with Gasteiger partial charge >= 0.3 is 0 Å². The van der Waals surface area contributed by atoms with Crippen molar-refractivity contribution in [3.8, 4) is 0 Å². The molecule has 7 heteroatoms. The van der Waals surface area contributed by atoms with Gasteiger partial charge in [-0.25, -0.2) is 4.68 Å². The molecule has 7 nitrogen and oxygen atoms in total. The second kappa shape index (κ2) is 9.98. The van der Waals surface area contributed by atoms with Gasteiger partial charge in [-0.1, -0.05) is 44.7 Å². The zero-order valence-corrected chi connectivity index (χ0v) is 21.7. The molecular weight excluding hydrogens is 424 g/mol. The quantitative estimate of drug-likeness (QED) is 0.472. The Balaban J connectivity index is 1.78. The van der Waals surface area contributed by atoms with Gasteiger partial charge in [-0.05, 0) is 86.9 Å². The zero-order valence-electron chi connectivity index (χ0n) is 21.7. The molecule has 3 aromatic rings. The molecule has 1 aliphatic carbocycles. The molecule has 0 amide bonds. The minimum atomic E-state index is -0.167. The first-order valence-corrected chi connectivity index (χ1v) is 12.9. The van der Waals surface area contributed by atoms with Crippen LogP contribution < -0.4 is 5.56 Å². The summed E-state index contributed by atoms with van der Waals surface area (Å²) >= 11 is 0. The van der Waals surface area contributed by atoms with Crippen molar-refractivity contribution < 1.29 is 0 Å². The molecule has 1 aromatic carbocycles. The average molecular weight is 465 g/mol. The molecule has 1 aliphatic rings. The van der Waals surface area contributed by atoms with Crippen LogP contribution in [0, 0.1) is 13.8 Å². The molecule has 0 bridgehead atoms. The van der Waals surface area contributed by atoms with Gasteiger partial charge in [0.05, 0.1) is 17.1 Å². The maximum atomic E-state index is 13.2. The first-order chi connectivity index (χ1) is 16.2. The third kappa shape index (κ3) is 4.81. The van der Waals surface area contributed by atoms with Crippen molar-refractivity contribution in [2.24, 2.45) is 0 Å². The fourth-order valence-corrected chi connectivity index (χ4v) is 5.50. The largest absolute Gasteiger partial charge is 0.321 e. The number of nitrogens with one attached hydrogen (secondary N) is 1. The Morgan fingerprint density at radius 1 is 1.15 bits per heavy atom. The highest BCUT2D eigenvalue weighted by molar-refractivity contribution is 5.82. The third-order valence-corrected chi connectivity index (χ3v) is 7.78.